The van der Waals surface area contributed by atoms with Gasteiger partial charge in [-0.05, 0) is 42.5 Å². The van der Waals surface area contributed by atoms with E-state index >= 15 is 0 Å². The molecule has 0 aliphatic rings. The number of amides is 1. The van der Waals surface area contributed by atoms with Crippen LogP contribution in [0.2, 0.25) is 5.02 Å². The Morgan fingerprint density at radius 3 is 2.42 bits per heavy atom. The zero-order chi connectivity index (χ0) is 18.6. The minimum Gasteiger partial charge on any atom is -0.322 e. The van der Waals surface area contributed by atoms with E-state index in [-0.39, 0.29) is 16.3 Å². The van der Waals surface area contributed by atoms with Crippen molar-refractivity contribution in [1.29, 1.82) is 0 Å². The predicted molar refractivity (Wildman–Crippen MR) is 101 cm³/mol. The van der Waals surface area contributed by atoms with Crippen LogP contribution in [0.5, 0.6) is 0 Å². The molecule has 26 heavy (non-hydrogen) atoms. The highest BCUT2D eigenvalue weighted by atomic mass is 35.5. The quantitative estimate of drug-likeness (QED) is 0.697. The number of carbonyl (C=O) groups is 1. The van der Waals surface area contributed by atoms with Crippen molar-refractivity contribution in [3.8, 4) is 0 Å². The van der Waals surface area contributed by atoms with Crippen LogP contribution in [0.3, 0.4) is 0 Å². The second-order valence-electron chi connectivity index (χ2n) is 5.32. The fourth-order valence-corrected chi connectivity index (χ4v) is 3.33. The summed E-state index contributed by atoms with van der Waals surface area (Å²) in [6.45, 7) is 0. The SMILES string of the molecule is O=C(Nc1ccccc1)c1cccc(S(=O)(=O)Nc2ccc(Cl)cn2)c1. The van der Waals surface area contributed by atoms with Crippen LogP contribution in [-0.2, 0) is 10.0 Å². The molecule has 0 aliphatic heterocycles. The lowest BCUT2D eigenvalue weighted by molar-refractivity contribution is 0.102. The van der Waals surface area contributed by atoms with E-state index in [2.05, 4.69) is 15.0 Å². The molecule has 1 aromatic heterocycles. The molecule has 2 N–H and O–H groups in total. The number of benzene rings is 2. The molecule has 0 bridgehead atoms. The van der Waals surface area contributed by atoms with E-state index in [1.165, 1.54) is 42.6 Å². The average Bonchev–Trinajstić information content (AvgIpc) is 2.64. The van der Waals surface area contributed by atoms with Crippen molar-refractivity contribution in [3.05, 3.63) is 83.5 Å². The van der Waals surface area contributed by atoms with E-state index in [1.54, 1.807) is 24.3 Å². The molecule has 0 atom stereocenters. The minimum atomic E-state index is -3.89. The number of halogens is 1. The van der Waals surface area contributed by atoms with Crippen LogP contribution >= 0.6 is 11.6 Å². The van der Waals surface area contributed by atoms with Crippen molar-refractivity contribution in [2.45, 2.75) is 4.90 Å². The number of nitrogens with zero attached hydrogens (tertiary/aromatic N) is 1. The Morgan fingerprint density at radius 1 is 0.962 bits per heavy atom. The van der Waals surface area contributed by atoms with Gasteiger partial charge in [0.1, 0.15) is 5.82 Å². The minimum absolute atomic E-state index is 0.0463. The Labute approximate surface area is 155 Å². The molecule has 2 aromatic carbocycles. The van der Waals surface area contributed by atoms with Crippen LogP contribution in [-0.4, -0.2) is 19.3 Å². The van der Waals surface area contributed by atoms with Crippen molar-refractivity contribution in [2.24, 2.45) is 0 Å². The van der Waals surface area contributed by atoms with Gasteiger partial charge < -0.3 is 5.32 Å². The number of para-hydroxylation sites is 1. The third kappa shape index (κ3) is 4.38. The van der Waals surface area contributed by atoms with Crippen LogP contribution < -0.4 is 10.0 Å². The van der Waals surface area contributed by atoms with Gasteiger partial charge in [-0.1, -0.05) is 35.9 Å². The summed E-state index contributed by atoms with van der Waals surface area (Å²) in [5.74, 6) is -0.272. The summed E-state index contributed by atoms with van der Waals surface area (Å²) < 4.78 is 27.4. The molecule has 0 saturated heterocycles. The first-order valence-electron chi connectivity index (χ1n) is 7.55. The van der Waals surface area contributed by atoms with Gasteiger partial charge in [0.2, 0.25) is 0 Å². The molecule has 3 rings (SSSR count). The summed E-state index contributed by atoms with van der Waals surface area (Å²) in [6, 6.07) is 17.6. The topological polar surface area (TPSA) is 88.2 Å². The molecule has 0 aliphatic carbocycles. The molecule has 1 amide bonds. The second kappa shape index (κ2) is 7.55. The Balaban J connectivity index is 1.81. The molecule has 0 unspecified atom stereocenters. The maximum atomic E-state index is 12.5. The van der Waals surface area contributed by atoms with Crippen LogP contribution in [0.15, 0.2) is 77.8 Å². The van der Waals surface area contributed by atoms with Crippen LogP contribution in [0.1, 0.15) is 10.4 Å². The Morgan fingerprint density at radius 2 is 1.73 bits per heavy atom. The molecule has 0 fully saturated rings. The number of nitrogens with one attached hydrogen (secondary N) is 2. The molecule has 132 valence electrons. The largest absolute Gasteiger partial charge is 0.322 e. The smallest absolute Gasteiger partial charge is 0.263 e. The standard InChI is InChI=1S/C18H14ClN3O3S/c19-14-9-10-17(20-12-14)22-26(24,25)16-8-4-5-13(11-16)18(23)21-15-6-2-1-3-7-15/h1-12H,(H,20,22)(H,21,23). The third-order valence-electron chi connectivity index (χ3n) is 3.40. The van der Waals surface area contributed by atoms with Crippen LogP contribution in [0.25, 0.3) is 0 Å². The fourth-order valence-electron chi connectivity index (χ4n) is 2.16. The van der Waals surface area contributed by atoms with Gasteiger partial charge >= 0.3 is 0 Å². The molecular formula is C18H14ClN3O3S. The van der Waals surface area contributed by atoms with Gasteiger partial charge in [-0.2, -0.15) is 0 Å². The number of aromatic nitrogens is 1. The first-order chi connectivity index (χ1) is 12.4. The number of hydrogen-bond donors (Lipinski definition) is 2. The van der Waals surface area contributed by atoms with E-state index in [0.29, 0.717) is 10.7 Å². The predicted octanol–water partition coefficient (Wildman–Crippen LogP) is 3.79. The molecular weight excluding hydrogens is 374 g/mol. The molecule has 0 radical (unpaired) electrons. The molecule has 1 heterocycles. The molecule has 6 nitrogen and oxygen atoms in total. The number of hydrogen-bond acceptors (Lipinski definition) is 4. The van der Waals surface area contributed by atoms with E-state index < -0.39 is 15.9 Å². The van der Waals surface area contributed by atoms with Gasteiger partial charge in [-0.3, -0.25) is 9.52 Å². The Bertz CT molecular complexity index is 1020. The van der Waals surface area contributed by atoms with Crippen molar-refractivity contribution in [1.82, 2.24) is 4.98 Å². The number of rotatable bonds is 5. The highest BCUT2D eigenvalue weighted by Crippen LogP contribution is 2.18. The lowest BCUT2D eigenvalue weighted by atomic mass is 10.2. The van der Waals surface area contributed by atoms with Gasteiger partial charge in [0, 0.05) is 17.4 Å². The number of pyridine rings is 1. The van der Waals surface area contributed by atoms with Gasteiger partial charge in [-0.25, -0.2) is 13.4 Å². The van der Waals surface area contributed by atoms with Crippen LogP contribution in [0, 0.1) is 0 Å². The summed E-state index contributed by atoms with van der Waals surface area (Å²) in [5.41, 5.74) is 0.843. The van der Waals surface area contributed by atoms with Gasteiger partial charge in [0.25, 0.3) is 15.9 Å². The fraction of sp³-hybridized carbons (Fsp3) is 0. The lowest BCUT2D eigenvalue weighted by Gasteiger charge is -2.09. The van der Waals surface area contributed by atoms with Gasteiger partial charge in [0.15, 0.2) is 0 Å². The van der Waals surface area contributed by atoms with E-state index in [9.17, 15) is 13.2 Å². The summed E-state index contributed by atoms with van der Waals surface area (Å²) in [5, 5.41) is 3.11. The normalized spacial score (nSPS) is 11.0. The van der Waals surface area contributed by atoms with Gasteiger partial charge in [-0.15, -0.1) is 0 Å². The molecule has 0 spiro atoms. The van der Waals surface area contributed by atoms with Crippen molar-refractivity contribution < 1.29 is 13.2 Å². The summed E-state index contributed by atoms with van der Waals surface area (Å²) in [6.07, 6.45) is 1.34. The Hall–Kier alpha value is -2.90. The highest BCUT2D eigenvalue weighted by molar-refractivity contribution is 7.92. The monoisotopic (exact) mass is 387 g/mol. The number of carbonyl (C=O) groups excluding carboxylic acids is 1. The number of anilines is 2. The molecule has 0 saturated carbocycles. The van der Waals surface area contributed by atoms with E-state index in [0.717, 1.165) is 0 Å². The summed E-state index contributed by atoms with van der Waals surface area (Å²) in [4.78, 5) is 16.2. The summed E-state index contributed by atoms with van der Waals surface area (Å²) in [7, 11) is -3.89. The second-order valence-corrected chi connectivity index (χ2v) is 7.43. The van der Waals surface area contributed by atoms with Crippen molar-refractivity contribution in [3.63, 3.8) is 0 Å². The first kappa shape index (κ1) is 17.9. The molecule has 3 aromatic rings. The zero-order valence-electron chi connectivity index (χ0n) is 13.4. The maximum Gasteiger partial charge on any atom is 0.263 e. The average molecular weight is 388 g/mol. The van der Waals surface area contributed by atoms with Gasteiger partial charge in [0.05, 0.1) is 9.92 Å². The Kier molecular flexibility index (Phi) is 5.20. The maximum absolute atomic E-state index is 12.5. The van der Waals surface area contributed by atoms with Crippen molar-refractivity contribution in [2.75, 3.05) is 10.0 Å². The third-order valence-corrected chi connectivity index (χ3v) is 4.98. The first-order valence-corrected chi connectivity index (χ1v) is 9.41. The van der Waals surface area contributed by atoms with E-state index in [1.807, 2.05) is 6.07 Å². The summed E-state index contributed by atoms with van der Waals surface area (Å²) >= 11 is 5.74. The zero-order valence-corrected chi connectivity index (χ0v) is 15.0. The molecule has 8 heteroatoms. The highest BCUT2D eigenvalue weighted by Gasteiger charge is 2.17. The van der Waals surface area contributed by atoms with Crippen molar-refractivity contribution >= 4 is 39.0 Å². The lowest BCUT2D eigenvalue weighted by Crippen LogP contribution is -2.16. The number of sulfonamides is 1. The van der Waals surface area contributed by atoms with Crippen LogP contribution in [0.4, 0.5) is 11.5 Å². The van der Waals surface area contributed by atoms with E-state index in [4.69, 9.17) is 11.6 Å².